The Bertz CT molecular complexity index is 970. The molecule has 0 saturated heterocycles. The third-order valence-electron chi connectivity index (χ3n) is 4.30. The third-order valence-corrected chi connectivity index (χ3v) is 4.30. The maximum absolute atomic E-state index is 12.4. The molecule has 4 rings (SSSR count). The largest absolute Gasteiger partial charge is 0.454 e. The summed E-state index contributed by atoms with van der Waals surface area (Å²) in [5.41, 5.74) is 2.81. The van der Waals surface area contributed by atoms with Crippen LogP contribution in [-0.2, 0) is 27.3 Å². The van der Waals surface area contributed by atoms with Crippen LogP contribution in [-0.4, -0.2) is 45.2 Å². The molecule has 0 spiro atoms. The second kappa shape index (κ2) is 7.36. The molecule has 27 heavy (non-hydrogen) atoms. The molecule has 1 aliphatic heterocycles. The molecule has 1 amide bonds. The second-order valence-corrected chi connectivity index (χ2v) is 6.09. The van der Waals surface area contributed by atoms with Crippen LogP contribution in [0.15, 0.2) is 54.6 Å². The molecule has 2 heterocycles. The van der Waals surface area contributed by atoms with E-state index in [1.807, 2.05) is 54.6 Å². The SMILES string of the molecule is O=C(Cn1nnc(-c2ccccc2)n1)OCC(=O)N1CCc2ccccc21. The zero-order valence-corrected chi connectivity index (χ0v) is 14.5. The van der Waals surface area contributed by atoms with Gasteiger partial charge in [0, 0.05) is 17.8 Å². The van der Waals surface area contributed by atoms with E-state index in [1.165, 1.54) is 0 Å². The van der Waals surface area contributed by atoms with Gasteiger partial charge in [-0.05, 0) is 23.3 Å². The number of esters is 1. The summed E-state index contributed by atoms with van der Waals surface area (Å²) in [4.78, 5) is 27.1. The van der Waals surface area contributed by atoms with E-state index in [2.05, 4.69) is 15.4 Å². The zero-order valence-electron chi connectivity index (χ0n) is 14.5. The van der Waals surface area contributed by atoms with Gasteiger partial charge in [-0.2, -0.15) is 4.80 Å². The van der Waals surface area contributed by atoms with Crippen LogP contribution in [0.25, 0.3) is 11.4 Å². The molecule has 0 radical (unpaired) electrons. The average molecular weight is 363 g/mol. The lowest BCUT2D eigenvalue weighted by Gasteiger charge is -2.17. The second-order valence-electron chi connectivity index (χ2n) is 6.09. The number of anilines is 1. The predicted octanol–water partition coefficient (Wildman–Crippen LogP) is 1.47. The number of aromatic nitrogens is 4. The van der Waals surface area contributed by atoms with Gasteiger partial charge in [-0.15, -0.1) is 10.2 Å². The summed E-state index contributed by atoms with van der Waals surface area (Å²) in [7, 11) is 0. The van der Waals surface area contributed by atoms with Crippen molar-refractivity contribution in [1.82, 2.24) is 20.2 Å². The van der Waals surface area contributed by atoms with Crippen LogP contribution in [0.2, 0.25) is 0 Å². The Balaban J connectivity index is 1.32. The van der Waals surface area contributed by atoms with E-state index >= 15 is 0 Å². The predicted molar refractivity (Wildman–Crippen MR) is 96.7 cm³/mol. The van der Waals surface area contributed by atoms with Crippen LogP contribution < -0.4 is 4.90 Å². The molecular formula is C19H17N5O3. The van der Waals surface area contributed by atoms with Gasteiger partial charge in [-0.3, -0.25) is 4.79 Å². The number of carbonyl (C=O) groups is 2. The molecule has 0 aliphatic carbocycles. The Kier molecular flexibility index (Phi) is 4.61. The van der Waals surface area contributed by atoms with E-state index in [4.69, 9.17) is 4.74 Å². The lowest BCUT2D eigenvalue weighted by Crippen LogP contribution is -2.33. The fraction of sp³-hybridized carbons (Fsp3) is 0.211. The number of amides is 1. The van der Waals surface area contributed by atoms with Crippen LogP contribution in [0.5, 0.6) is 0 Å². The molecule has 8 heteroatoms. The number of hydrogen-bond acceptors (Lipinski definition) is 6. The number of para-hydroxylation sites is 1. The van der Waals surface area contributed by atoms with Crippen molar-refractivity contribution in [3.05, 3.63) is 60.2 Å². The summed E-state index contributed by atoms with van der Waals surface area (Å²) in [5, 5.41) is 11.9. The summed E-state index contributed by atoms with van der Waals surface area (Å²) in [5.74, 6) is -0.411. The van der Waals surface area contributed by atoms with Crippen molar-refractivity contribution in [1.29, 1.82) is 0 Å². The fourth-order valence-electron chi connectivity index (χ4n) is 2.99. The average Bonchev–Trinajstić information content (AvgIpc) is 3.34. The number of nitrogens with zero attached hydrogens (tertiary/aromatic N) is 5. The van der Waals surface area contributed by atoms with Gasteiger partial charge in [0.05, 0.1) is 0 Å². The molecule has 0 saturated carbocycles. The molecule has 0 unspecified atom stereocenters. The van der Waals surface area contributed by atoms with Crippen LogP contribution >= 0.6 is 0 Å². The van der Waals surface area contributed by atoms with Gasteiger partial charge < -0.3 is 9.64 Å². The van der Waals surface area contributed by atoms with Crippen molar-refractivity contribution in [3.8, 4) is 11.4 Å². The van der Waals surface area contributed by atoms with Crippen molar-refractivity contribution < 1.29 is 14.3 Å². The van der Waals surface area contributed by atoms with Crippen LogP contribution in [0.4, 0.5) is 5.69 Å². The summed E-state index contributed by atoms with van der Waals surface area (Å²) in [6, 6.07) is 17.1. The highest BCUT2D eigenvalue weighted by Gasteiger charge is 2.25. The minimum atomic E-state index is -0.590. The van der Waals surface area contributed by atoms with Gasteiger partial charge in [-0.1, -0.05) is 48.5 Å². The molecule has 1 aromatic heterocycles. The van der Waals surface area contributed by atoms with Gasteiger partial charge in [0.2, 0.25) is 5.82 Å². The third kappa shape index (κ3) is 3.69. The topological polar surface area (TPSA) is 90.2 Å². The zero-order chi connectivity index (χ0) is 18.6. The number of carbonyl (C=O) groups excluding carboxylic acids is 2. The first-order chi connectivity index (χ1) is 13.2. The lowest BCUT2D eigenvalue weighted by atomic mass is 10.2. The Morgan fingerprint density at radius 1 is 1.04 bits per heavy atom. The quantitative estimate of drug-likeness (QED) is 0.638. The van der Waals surface area contributed by atoms with E-state index < -0.39 is 5.97 Å². The Labute approximate surface area is 155 Å². The van der Waals surface area contributed by atoms with Crippen molar-refractivity contribution in [3.63, 3.8) is 0 Å². The first-order valence-corrected chi connectivity index (χ1v) is 8.58. The van der Waals surface area contributed by atoms with Crippen LogP contribution in [0.1, 0.15) is 5.56 Å². The minimum Gasteiger partial charge on any atom is -0.454 e. The molecule has 2 aromatic carbocycles. The summed E-state index contributed by atoms with van der Waals surface area (Å²) < 4.78 is 5.09. The molecule has 3 aromatic rings. The highest BCUT2D eigenvalue weighted by Crippen LogP contribution is 2.27. The molecular weight excluding hydrogens is 346 g/mol. The summed E-state index contributed by atoms with van der Waals surface area (Å²) in [6.07, 6.45) is 0.807. The van der Waals surface area contributed by atoms with Gasteiger partial charge >= 0.3 is 5.97 Å². The standard InChI is InChI=1S/C19H17N5O3/c25-17(23-11-10-14-6-4-5-9-16(14)23)13-27-18(26)12-24-21-19(20-22-24)15-7-2-1-3-8-15/h1-9H,10-13H2. The minimum absolute atomic E-state index is 0.205. The molecule has 0 atom stereocenters. The van der Waals surface area contributed by atoms with Crippen LogP contribution in [0.3, 0.4) is 0 Å². The highest BCUT2D eigenvalue weighted by atomic mass is 16.5. The first kappa shape index (κ1) is 16.9. The van der Waals surface area contributed by atoms with Crippen molar-refractivity contribution in [2.24, 2.45) is 0 Å². The van der Waals surface area contributed by atoms with E-state index in [9.17, 15) is 9.59 Å². The summed E-state index contributed by atoms with van der Waals surface area (Å²) >= 11 is 0. The summed E-state index contributed by atoms with van der Waals surface area (Å²) in [6.45, 7) is 0.0813. The number of benzene rings is 2. The maximum atomic E-state index is 12.4. The van der Waals surface area contributed by atoms with Gasteiger partial charge in [-0.25, -0.2) is 4.79 Å². The lowest BCUT2D eigenvalue weighted by molar-refractivity contribution is -0.148. The Morgan fingerprint density at radius 3 is 2.67 bits per heavy atom. The van der Waals surface area contributed by atoms with Crippen molar-refractivity contribution >= 4 is 17.6 Å². The first-order valence-electron chi connectivity index (χ1n) is 8.58. The molecule has 136 valence electrons. The van der Waals surface area contributed by atoms with E-state index in [0.717, 1.165) is 28.0 Å². The Hall–Kier alpha value is -3.55. The van der Waals surface area contributed by atoms with Crippen LogP contribution in [0, 0.1) is 0 Å². The Morgan fingerprint density at radius 2 is 1.81 bits per heavy atom. The monoisotopic (exact) mass is 363 g/mol. The number of rotatable bonds is 5. The number of tetrazole rings is 1. The van der Waals surface area contributed by atoms with E-state index in [1.54, 1.807) is 4.90 Å². The normalized spacial score (nSPS) is 12.7. The molecule has 0 fully saturated rings. The maximum Gasteiger partial charge on any atom is 0.330 e. The molecule has 0 bridgehead atoms. The van der Waals surface area contributed by atoms with Gasteiger partial charge in [0.15, 0.2) is 13.2 Å². The molecule has 0 N–H and O–H groups in total. The molecule has 1 aliphatic rings. The number of ether oxygens (including phenoxy) is 1. The number of fused-ring (bicyclic) bond motifs is 1. The van der Waals surface area contributed by atoms with Crippen molar-refractivity contribution in [2.75, 3.05) is 18.1 Å². The van der Waals surface area contributed by atoms with Gasteiger partial charge in [0.25, 0.3) is 5.91 Å². The van der Waals surface area contributed by atoms with E-state index in [-0.39, 0.29) is 19.1 Å². The smallest absolute Gasteiger partial charge is 0.330 e. The molecule has 8 nitrogen and oxygen atoms in total. The number of hydrogen-bond donors (Lipinski definition) is 0. The van der Waals surface area contributed by atoms with E-state index in [0.29, 0.717) is 12.4 Å². The highest BCUT2D eigenvalue weighted by molar-refractivity contribution is 5.97. The van der Waals surface area contributed by atoms with Crippen molar-refractivity contribution in [2.45, 2.75) is 13.0 Å². The van der Waals surface area contributed by atoms with Gasteiger partial charge in [0.1, 0.15) is 0 Å². The fourth-order valence-corrected chi connectivity index (χ4v) is 2.99.